The van der Waals surface area contributed by atoms with E-state index < -0.39 is 0 Å². The molecule has 1 fully saturated rings. The van der Waals surface area contributed by atoms with Crippen LogP contribution in [0.25, 0.3) is 0 Å². The number of carbonyl (C=O) groups excluding carboxylic acids is 2. The highest BCUT2D eigenvalue weighted by Gasteiger charge is 2.28. The van der Waals surface area contributed by atoms with Crippen molar-refractivity contribution >= 4 is 17.4 Å². The number of Topliss-reactive ketones (excluding diaryl/α,β-unsaturated/α-hetero) is 1. The Morgan fingerprint density at radius 1 is 1.56 bits per heavy atom. The number of nitrogens with one attached hydrogen (secondary N) is 1. The standard InChI is InChI=1S/C13H17N3O2/c1-3-12-13(18)14-6-7-16(12)10-4-5-11(9(2)17)15-8-10/h4-5,8,12H,3,6-7H2,1-2H3,(H,14,18). The molecule has 1 saturated heterocycles. The Morgan fingerprint density at radius 2 is 2.33 bits per heavy atom. The summed E-state index contributed by atoms with van der Waals surface area (Å²) >= 11 is 0. The SMILES string of the molecule is CCC1C(=O)NCCN1c1ccc(C(C)=O)nc1. The van der Waals surface area contributed by atoms with E-state index in [0.717, 1.165) is 18.7 Å². The maximum absolute atomic E-state index is 11.8. The van der Waals surface area contributed by atoms with E-state index in [1.165, 1.54) is 6.92 Å². The molecular weight excluding hydrogens is 230 g/mol. The van der Waals surface area contributed by atoms with E-state index in [1.807, 2.05) is 17.9 Å². The molecule has 0 aromatic carbocycles. The lowest BCUT2D eigenvalue weighted by molar-refractivity contribution is -0.123. The topological polar surface area (TPSA) is 62.3 Å². The molecule has 5 nitrogen and oxygen atoms in total. The molecule has 2 rings (SSSR count). The minimum Gasteiger partial charge on any atom is -0.357 e. The van der Waals surface area contributed by atoms with Crippen LogP contribution in [-0.4, -0.2) is 35.8 Å². The van der Waals surface area contributed by atoms with Crippen molar-refractivity contribution in [2.75, 3.05) is 18.0 Å². The zero-order valence-electron chi connectivity index (χ0n) is 10.6. The van der Waals surface area contributed by atoms with Crippen LogP contribution in [0.1, 0.15) is 30.8 Å². The fourth-order valence-electron chi connectivity index (χ4n) is 2.19. The second kappa shape index (κ2) is 5.16. The predicted molar refractivity (Wildman–Crippen MR) is 68.7 cm³/mol. The first-order valence-corrected chi connectivity index (χ1v) is 6.15. The summed E-state index contributed by atoms with van der Waals surface area (Å²) in [5, 5.41) is 2.86. The van der Waals surface area contributed by atoms with Gasteiger partial charge in [-0.2, -0.15) is 0 Å². The molecule has 1 N–H and O–H groups in total. The van der Waals surface area contributed by atoms with Crippen molar-refractivity contribution < 1.29 is 9.59 Å². The highest BCUT2D eigenvalue weighted by molar-refractivity contribution is 5.92. The first kappa shape index (κ1) is 12.5. The number of ketones is 1. The van der Waals surface area contributed by atoms with Gasteiger partial charge < -0.3 is 10.2 Å². The zero-order valence-corrected chi connectivity index (χ0v) is 10.6. The molecule has 0 aliphatic carbocycles. The van der Waals surface area contributed by atoms with Crippen LogP contribution < -0.4 is 10.2 Å². The molecule has 1 atom stereocenters. The maximum atomic E-state index is 11.8. The molecule has 2 heterocycles. The normalized spacial score (nSPS) is 19.6. The molecule has 96 valence electrons. The van der Waals surface area contributed by atoms with Gasteiger partial charge in [-0.1, -0.05) is 6.92 Å². The lowest BCUT2D eigenvalue weighted by atomic mass is 10.1. The van der Waals surface area contributed by atoms with E-state index in [2.05, 4.69) is 10.3 Å². The summed E-state index contributed by atoms with van der Waals surface area (Å²) in [6, 6.07) is 3.41. The van der Waals surface area contributed by atoms with Crippen molar-refractivity contribution in [3.63, 3.8) is 0 Å². The number of pyridine rings is 1. The lowest BCUT2D eigenvalue weighted by Crippen LogP contribution is -2.55. The molecule has 1 aromatic heterocycles. The number of hydrogen-bond donors (Lipinski definition) is 1. The summed E-state index contributed by atoms with van der Waals surface area (Å²) in [6.07, 6.45) is 2.41. The molecule has 18 heavy (non-hydrogen) atoms. The van der Waals surface area contributed by atoms with Gasteiger partial charge in [0.15, 0.2) is 5.78 Å². The Kier molecular flexibility index (Phi) is 3.60. The van der Waals surface area contributed by atoms with Crippen LogP contribution in [0, 0.1) is 0 Å². The number of carbonyl (C=O) groups is 2. The number of anilines is 1. The van der Waals surface area contributed by atoms with Gasteiger partial charge in [0.2, 0.25) is 5.91 Å². The summed E-state index contributed by atoms with van der Waals surface area (Å²) in [4.78, 5) is 29.1. The summed E-state index contributed by atoms with van der Waals surface area (Å²) in [7, 11) is 0. The van der Waals surface area contributed by atoms with Gasteiger partial charge in [-0.15, -0.1) is 0 Å². The smallest absolute Gasteiger partial charge is 0.242 e. The van der Waals surface area contributed by atoms with Gasteiger partial charge >= 0.3 is 0 Å². The number of hydrogen-bond acceptors (Lipinski definition) is 4. The third-order valence-electron chi connectivity index (χ3n) is 3.16. The summed E-state index contributed by atoms with van der Waals surface area (Å²) in [5.74, 6) is 0.00405. The van der Waals surface area contributed by atoms with E-state index >= 15 is 0 Å². The Labute approximate surface area is 106 Å². The van der Waals surface area contributed by atoms with Crippen molar-refractivity contribution in [1.29, 1.82) is 0 Å². The third kappa shape index (κ3) is 2.34. The van der Waals surface area contributed by atoms with E-state index in [1.54, 1.807) is 12.3 Å². The number of rotatable bonds is 3. The molecule has 0 bridgehead atoms. The first-order chi connectivity index (χ1) is 8.63. The number of aromatic nitrogens is 1. The van der Waals surface area contributed by atoms with E-state index in [-0.39, 0.29) is 17.7 Å². The van der Waals surface area contributed by atoms with Crippen LogP contribution in [0.5, 0.6) is 0 Å². The fraction of sp³-hybridized carbons (Fsp3) is 0.462. The van der Waals surface area contributed by atoms with Gasteiger partial charge in [0, 0.05) is 20.0 Å². The van der Waals surface area contributed by atoms with Crippen molar-refractivity contribution in [3.05, 3.63) is 24.0 Å². The summed E-state index contributed by atoms with van der Waals surface area (Å²) in [6.45, 7) is 4.89. The lowest BCUT2D eigenvalue weighted by Gasteiger charge is -2.36. The third-order valence-corrected chi connectivity index (χ3v) is 3.16. The van der Waals surface area contributed by atoms with Gasteiger partial charge in [-0.25, -0.2) is 0 Å². The van der Waals surface area contributed by atoms with Crippen molar-refractivity contribution in [2.24, 2.45) is 0 Å². The predicted octanol–water partition coefficient (Wildman–Crippen LogP) is 0.999. The van der Waals surface area contributed by atoms with Crippen molar-refractivity contribution in [3.8, 4) is 0 Å². The molecular formula is C13H17N3O2. The molecule has 0 saturated carbocycles. The minimum absolute atomic E-state index is 0.0509. The van der Waals surface area contributed by atoms with E-state index in [9.17, 15) is 9.59 Å². The fourth-order valence-corrected chi connectivity index (χ4v) is 2.19. The molecule has 0 radical (unpaired) electrons. The largest absolute Gasteiger partial charge is 0.357 e. The van der Waals surface area contributed by atoms with Crippen LogP contribution in [0.2, 0.25) is 0 Å². The van der Waals surface area contributed by atoms with E-state index in [4.69, 9.17) is 0 Å². The highest BCUT2D eigenvalue weighted by Crippen LogP contribution is 2.19. The monoisotopic (exact) mass is 247 g/mol. The van der Waals surface area contributed by atoms with Crippen LogP contribution in [0.15, 0.2) is 18.3 Å². The van der Waals surface area contributed by atoms with Crippen LogP contribution >= 0.6 is 0 Å². The Bertz CT molecular complexity index is 456. The molecule has 1 aliphatic rings. The van der Waals surface area contributed by atoms with Crippen LogP contribution in [0.4, 0.5) is 5.69 Å². The number of amides is 1. The van der Waals surface area contributed by atoms with Gasteiger partial charge in [-0.05, 0) is 18.6 Å². The molecule has 1 unspecified atom stereocenters. The summed E-state index contributed by atoms with van der Waals surface area (Å²) in [5.41, 5.74) is 1.34. The zero-order chi connectivity index (χ0) is 13.1. The average Bonchev–Trinajstić information content (AvgIpc) is 2.38. The maximum Gasteiger partial charge on any atom is 0.242 e. The van der Waals surface area contributed by atoms with Crippen LogP contribution in [-0.2, 0) is 4.79 Å². The van der Waals surface area contributed by atoms with Gasteiger partial charge in [0.05, 0.1) is 11.9 Å². The van der Waals surface area contributed by atoms with E-state index in [0.29, 0.717) is 12.2 Å². The summed E-state index contributed by atoms with van der Waals surface area (Å²) < 4.78 is 0. The first-order valence-electron chi connectivity index (χ1n) is 6.15. The number of piperazine rings is 1. The Morgan fingerprint density at radius 3 is 2.89 bits per heavy atom. The second-order valence-corrected chi connectivity index (χ2v) is 4.37. The van der Waals surface area contributed by atoms with Gasteiger partial charge in [-0.3, -0.25) is 14.6 Å². The minimum atomic E-state index is -0.149. The quantitative estimate of drug-likeness (QED) is 0.809. The van der Waals surface area contributed by atoms with Gasteiger partial charge in [0.1, 0.15) is 11.7 Å². The molecule has 0 spiro atoms. The second-order valence-electron chi connectivity index (χ2n) is 4.37. The average molecular weight is 247 g/mol. The van der Waals surface area contributed by atoms with Crippen LogP contribution in [0.3, 0.4) is 0 Å². The number of nitrogens with zero attached hydrogens (tertiary/aromatic N) is 2. The van der Waals surface area contributed by atoms with Gasteiger partial charge in [0.25, 0.3) is 0 Å². The molecule has 5 heteroatoms. The van der Waals surface area contributed by atoms with Crippen molar-refractivity contribution in [1.82, 2.24) is 10.3 Å². The highest BCUT2D eigenvalue weighted by atomic mass is 16.2. The van der Waals surface area contributed by atoms with Crippen molar-refractivity contribution in [2.45, 2.75) is 26.3 Å². The Hall–Kier alpha value is -1.91. The molecule has 1 aromatic rings. The molecule has 1 amide bonds. The Balaban J connectivity index is 2.24. The molecule has 1 aliphatic heterocycles.